The van der Waals surface area contributed by atoms with Gasteiger partial charge in [0.15, 0.2) is 0 Å². The van der Waals surface area contributed by atoms with Crippen LogP contribution in [0.2, 0.25) is 9.26 Å². The Kier molecular flexibility index (Phi) is 4.16. The van der Waals surface area contributed by atoms with Gasteiger partial charge in [-0.15, -0.1) is 0 Å². The average Bonchev–Trinajstić information content (AvgIpc) is 2.74. The van der Waals surface area contributed by atoms with Crippen LogP contribution in [0.3, 0.4) is 0 Å². The summed E-state index contributed by atoms with van der Waals surface area (Å²) >= 11 is -1.34. The third-order valence-corrected chi connectivity index (χ3v) is 7.93. The molecule has 1 aliphatic rings. The summed E-state index contributed by atoms with van der Waals surface area (Å²) in [7, 11) is 5.99. The Morgan fingerprint density at radius 3 is 2.06 bits per heavy atom. The van der Waals surface area contributed by atoms with Crippen molar-refractivity contribution < 1.29 is 21.8 Å². The van der Waals surface area contributed by atoms with Crippen LogP contribution < -0.4 is 16.0 Å². The SMILES string of the molecule is CNC1=Cc2cc(NC)c(NC)cc2[CH]1[Zr]([CH3])[CH3]. The molecule has 97 valence electrons. The maximum atomic E-state index is 3.39. The molecule has 0 radical (unpaired) electrons. The summed E-state index contributed by atoms with van der Waals surface area (Å²) in [5, 5.41) is 9.93. The number of anilines is 2. The summed E-state index contributed by atoms with van der Waals surface area (Å²) in [5.74, 6) is 0. The Bertz CT molecular complexity index is 480. The van der Waals surface area contributed by atoms with Gasteiger partial charge in [0.2, 0.25) is 0 Å². The van der Waals surface area contributed by atoms with Gasteiger partial charge in [-0.3, -0.25) is 0 Å². The number of benzene rings is 1. The first-order chi connectivity index (χ1) is 8.62. The van der Waals surface area contributed by atoms with E-state index in [1.807, 2.05) is 21.1 Å². The molecule has 2 rings (SSSR count). The first-order valence-corrected chi connectivity index (χ1v) is 12.7. The molecule has 3 N–H and O–H groups in total. The fourth-order valence-electron chi connectivity index (χ4n) is 2.68. The van der Waals surface area contributed by atoms with Crippen molar-refractivity contribution in [1.82, 2.24) is 5.32 Å². The number of nitrogens with one attached hydrogen (secondary N) is 3. The Hall–Kier alpha value is -0.757. The Morgan fingerprint density at radius 2 is 1.56 bits per heavy atom. The molecule has 3 nitrogen and oxygen atoms in total. The molecule has 0 amide bonds. The van der Waals surface area contributed by atoms with E-state index < -0.39 is 21.8 Å². The molecule has 0 fully saturated rings. The molecule has 0 bridgehead atoms. The monoisotopic (exact) mass is 322 g/mol. The number of likely N-dealkylation sites (N-methyl/N-ethyl adjacent to an activating group) is 1. The van der Waals surface area contributed by atoms with E-state index in [-0.39, 0.29) is 0 Å². The van der Waals surface area contributed by atoms with Crippen LogP contribution in [-0.4, -0.2) is 21.1 Å². The van der Waals surface area contributed by atoms with Gasteiger partial charge in [-0.05, 0) is 0 Å². The minimum absolute atomic E-state index is 0.672. The average molecular weight is 324 g/mol. The van der Waals surface area contributed by atoms with Gasteiger partial charge in [0.25, 0.3) is 0 Å². The summed E-state index contributed by atoms with van der Waals surface area (Å²) in [6.45, 7) is 0. The molecular weight excluding hydrogens is 301 g/mol. The van der Waals surface area contributed by atoms with E-state index in [4.69, 9.17) is 0 Å². The predicted octanol–water partition coefficient (Wildman–Crippen LogP) is 3.10. The van der Waals surface area contributed by atoms with Crippen LogP contribution >= 0.6 is 0 Å². The van der Waals surface area contributed by atoms with E-state index in [9.17, 15) is 0 Å². The van der Waals surface area contributed by atoms with Crippen LogP contribution in [-0.2, 0) is 21.8 Å². The second kappa shape index (κ2) is 5.48. The maximum absolute atomic E-state index is 3.39. The topological polar surface area (TPSA) is 36.1 Å². The summed E-state index contributed by atoms with van der Waals surface area (Å²) in [5.41, 5.74) is 6.63. The van der Waals surface area contributed by atoms with Crippen molar-refractivity contribution in [2.24, 2.45) is 0 Å². The number of rotatable bonds is 4. The summed E-state index contributed by atoms with van der Waals surface area (Å²) in [6, 6.07) is 4.57. The Labute approximate surface area is 118 Å². The van der Waals surface area contributed by atoms with E-state index in [0.29, 0.717) is 3.63 Å². The zero-order chi connectivity index (χ0) is 13.3. The molecule has 18 heavy (non-hydrogen) atoms. The summed E-state index contributed by atoms with van der Waals surface area (Å²) < 4.78 is 5.61. The molecule has 0 heterocycles. The normalized spacial score (nSPS) is 16.9. The second-order valence-electron chi connectivity index (χ2n) is 4.89. The molecule has 1 aliphatic carbocycles. The third-order valence-electron chi connectivity index (χ3n) is 3.56. The fourth-order valence-corrected chi connectivity index (χ4v) is 6.91. The van der Waals surface area contributed by atoms with Gasteiger partial charge in [0, 0.05) is 0 Å². The molecular formula is C14H22N3Zr. The standard InChI is InChI=1S/C12H16N3.2CH3.Zr/c1-13-10-4-8-6-11(14-2)12(15-3)7-9(8)5-10;;;/h4-7,13-15H,1-3H3;2*1H3;. The number of hydrogen-bond donors (Lipinski definition) is 3. The van der Waals surface area contributed by atoms with Crippen LogP contribution in [0.25, 0.3) is 6.08 Å². The molecule has 0 spiro atoms. The first-order valence-electron chi connectivity index (χ1n) is 6.35. The van der Waals surface area contributed by atoms with Crippen molar-refractivity contribution in [2.75, 3.05) is 31.8 Å². The Balaban J connectivity index is 2.53. The minimum atomic E-state index is -1.34. The van der Waals surface area contributed by atoms with Gasteiger partial charge in [-0.1, -0.05) is 0 Å². The van der Waals surface area contributed by atoms with Gasteiger partial charge in [0.1, 0.15) is 0 Å². The molecule has 1 unspecified atom stereocenters. The zero-order valence-electron chi connectivity index (χ0n) is 11.8. The van der Waals surface area contributed by atoms with Crippen molar-refractivity contribution in [1.29, 1.82) is 0 Å². The van der Waals surface area contributed by atoms with Crippen molar-refractivity contribution >= 4 is 17.5 Å². The molecule has 1 aromatic carbocycles. The summed E-state index contributed by atoms with van der Waals surface area (Å²) in [4.78, 5) is 0. The van der Waals surface area contributed by atoms with Crippen LogP contribution in [0, 0.1) is 0 Å². The van der Waals surface area contributed by atoms with E-state index >= 15 is 0 Å². The number of fused-ring (bicyclic) bond motifs is 1. The molecule has 0 aliphatic heterocycles. The molecule has 0 aromatic heterocycles. The quantitative estimate of drug-likeness (QED) is 0.797. The van der Waals surface area contributed by atoms with Crippen LogP contribution in [0.4, 0.5) is 11.4 Å². The van der Waals surface area contributed by atoms with Crippen LogP contribution in [0.15, 0.2) is 17.8 Å². The van der Waals surface area contributed by atoms with Crippen molar-refractivity contribution in [2.45, 2.75) is 12.9 Å². The van der Waals surface area contributed by atoms with E-state index in [1.54, 1.807) is 0 Å². The van der Waals surface area contributed by atoms with Gasteiger partial charge in [-0.2, -0.15) is 0 Å². The summed E-state index contributed by atoms with van der Waals surface area (Å²) in [6.07, 6.45) is 2.31. The van der Waals surface area contributed by atoms with Crippen molar-refractivity contribution in [3.8, 4) is 0 Å². The number of allylic oxidation sites excluding steroid dienone is 1. The van der Waals surface area contributed by atoms with E-state index in [2.05, 4.69) is 43.4 Å². The molecule has 1 aromatic rings. The van der Waals surface area contributed by atoms with Gasteiger partial charge in [-0.25, -0.2) is 0 Å². The van der Waals surface area contributed by atoms with Gasteiger partial charge >= 0.3 is 118 Å². The van der Waals surface area contributed by atoms with Crippen LogP contribution in [0.1, 0.15) is 14.8 Å². The van der Waals surface area contributed by atoms with Gasteiger partial charge in [0.05, 0.1) is 0 Å². The predicted molar refractivity (Wildman–Crippen MR) is 77.0 cm³/mol. The first kappa shape index (κ1) is 13.7. The second-order valence-corrected chi connectivity index (χ2v) is 11.6. The molecule has 1 atom stereocenters. The third kappa shape index (κ3) is 2.23. The molecule has 4 heteroatoms. The fraction of sp³-hybridized carbons (Fsp3) is 0.429. The number of hydrogen-bond acceptors (Lipinski definition) is 3. The van der Waals surface area contributed by atoms with Crippen molar-refractivity contribution in [3.63, 3.8) is 0 Å². The van der Waals surface area contributed by atoms with Crippen LogP contribution in [0.5, 0.6) is 0 Å². The van der Waals surface area contributed by atoms with E-state index in [1.165, 1.54) is 28.2 Å². The van der Waals surface area contributed by atoms with Crippen molar-refractivity contribution in [3.05, 3.63) is 29.0 Å². The van der Waals surface area contributed by atoms with Gasteiger partial charge < -0.3 is 0 Å². The molecule has 0 saturated heterocycles. The molecule has 0 saturated carbocycles. The zero-order valence-corrected chi connectivity index (χ0v) is 14.3. The Morgan fingerprint density at radius 1 is 0.944 bits per heavy atom. The van der Waals surface area contributed by atoms with E-state index in [0.717, 1.165) is 0 Å².